The fourth-order valence-electron chi connectivity index (χ4n) is 5.38. The summed E-state index contributed by atoms with van der Waals surface area (Å²) in [5, 5.41) is 0. The summed E-state index contributed by atoms with van der Waals surface area (Å²) in [4.78, 5) is 0. The first-order valence-electron chi connectivity index (χ1n) is 14.2. The van der Waals surface area contributed by atoms with E-state index in [1.54, 1.807) is 0 Å². The number of rotatable bonds is 7. The van der Waals surface area contributed by atoms with Crippen LogP contribution in [-0.2, 0) is 0 Å². The van der Waals surface area contributed by atoms with Crippen LogP contribution in [0.1, 0.15) is 101 Å². The van der Waals surface area contributed by atoms with Crippen LogP contribution in [0.3, 0.4) is 0 Å². The Labute approximate surface area is 197 Å². The lowest BCUT2D eigenvalue weighted by molar-refractivity contribution is 0.224. The minimum absolute atomic E-state index is 0.106. The highest BCUT2D eigenvalue weighted by molar-refractivity contribution is 5.64. The van der Waals surface area contributed by atoms with Crippen molar-refractivity contribution in [1.29, 1.82) is 0 Å². The van der Waals surface area contributed by atoms with Crippen molar-refractivity contribution in [3.63, 3.8) is 0 Å². The maximum atomic E-state index is 13.6. The highest BCUT2D eigenvalue weighted by atomic mass is 19.2. The van der Waals surface area contributed by atoms with Crippen LogP contribution in [0.25, 0.3) is 11.1 Å². The molecule has 0 spiro atoms. The number of hydrogen-bond donors (Lipinski definition) is 0. The molecule has 0 bridgehead atoms. The van der Waals surface area contributed by atoms with Crippen molar-refractivity contribution in [3.05, 3.63) is 59.4 Å². The first-order chi connectivity index (χ1) is 17.0. The van der Waals surface area contributed by atoms with E-state index in [2.05, 4.69) is 0 Å². The van der Waals surface area contributed by atoms with Crippen LogP contribution in [0.5, 0.6) is 0 Å². The molecular formula is C29H37F3. The molecule has 2 aromatic carbocycles. The van der Waals surface area contributed by atoms with Crippen LogP contribution in [0, 0.1) is 35.2 Å². The topological polar surface area (TPSA) is 0 Å². The molecule has 0 aliphatic heterocycles. The van der Waals surface area contributed by atoms with Crippen LogP contribution < -0.4 is 0 Å². The molecule has 0 atom stereocenters. The van der Waals surface area contributed by atoms with Crippen molar-refractivity contribution in [2.75, 3.05) is 0 Å². The highest BCUT2D eigenvalue weighted by Crippen LogP contribution is 2.40. The molecule has 0 amide bonds. The predicted octanol–water partition coefficient (Wildman–Crippen LogP) is 9.43. The minimum Gasteiger partial charge on any atom is -0.204 e. The van der Waals surface area contributed by atoms with Crippen LogP contribution in [0.15, 0.2) is 36.4 Å². The second kappa shape index (κ2) is 10.9. The van der Waals surface area contributed by atoms with Gasteiger partial charge >= 0.3 is 0 Å². The SMILES string of the molecule is [2H]C1([2H])CC(CCC2CCC(c3ccc(-c4cc(F)c(F)c(F)c4)cc3)CC2)CC([2H])([2H])C1CCC. The third-order valence-corrected chi connectivity index (χ3v) is 7.41. The van der Waals surface area contributed by atoms with Gasteiger partial charge in [0.25, 0.3) is 0 Å². The molecule has 0 aromatic heterocycles. The Hall–Kier alpha value is -1.77. The molecule has 0 radical (unpaired) electrons. The molecule has 2 aliphatic carbocycles. The maximum Gasteiger partial charge on any atom is 0.194 e. The van der Waals surface area contributed by atoms with Crippen molar-refractivity contribution in [2.24, 2.45) is 17.8 Å². The van der Waals surface area contributed by atoms with Crippen LogP contribution >= 0.6 is 0 Å². The van der Waals surface area contributed by atoms with Gasteiger partial charge in [0.1, 0.15) is 0 Å². The molecule has 0 unspecified atom stereocenters. The lowest BCUT2D eigenvalue weighted by atomic mass is 9.74. The zero-order chi connectivity index (χ0) is 26.1. The van der Waals surface area contributed by atoms with Crippen molar-refractivity contribution in [3.8, 4) is 11.1 Å². The first-order valence-corrected chi connectivity index (χ1v) is 12.2. The molecule has 0 heterocycles. The molecule has 3 heteroatoms. The predicted molar refractivity (Wildman–Crippen MR) is 126 cm³/mol. The monoisotopic (exact) mass is 446 g/mol. The summed E-state index contributed by atoms with van der Waals surface area (Å²) in [5.41, 5.74) is 2.17. The lowest BCUT2D eigenvalue weighted by Gasteiger charge is -2.32. The largest absolute Gasteiger partial charge is 0.204 e. The smallest absolute Gasteiger partial charge is 0.194 e. The number of hydrogen-bond acceptors (Lipinski definition) is 0. The second-order valence-corrected chi connectivity index (χ2v) is 9.69. The van der Waals surface area contributed by atoms with Gasteiger partial charge in [-0.25, -0.2) is 13.2 Å². The summed E-state index contributed by atoms with van der Waals surface area (Å²) in [7, 11) is 0. The van der Waals surface area contributed by atoms with Crippen molar-refractivity contribution < 1.29 is 18.7 Å². The van der Waals surface area contributed by atoms with Gasteiger partial charge in [-0.2, -0.15) is 0 Å². The van der Waals surface area contributed by atoms with Gasteiger partial charge in [0.05, 0.1) is 0 Å². The quantitative estimate of drug-likeness (QED) is 0.372. The van der Waals surface area contributed by atoms with E-state index in [4.69, 9.17) is 5.48 Å². The highest BCUT2D eigenvalue weighted by Gasteiger charge is 2.25. The van der Waals surface area contributed by atoms with E-state index < -0.39 is 36.1 Å². The Morgan fingerprint density at radius 3 is 1.84 bits per heavy atom. The molecular weight excluding hydrogens is 405 g/mol. The Balaban J connectivity index is 1.29. The minimum atomic E-state index is -1.45. The normalized spacial score (nSPS) is 31.2. The standard InChI is InChI=1S/C29H37F3/c1-2-3-20-4-6-21(7-5-20)8-9-22-10-12-23(13-11-22)24-14-16-25(17-15-24)26-18-27(30)29(32)28(31)19-26/h14-23H,2-13H2,1H3/i4D2,5D2. The average Bonchev–Trinajstić information content (AvgIpc) is 2.83. The molecule has 0 saturated heterocycles. The molecule has 2 saturated carbocycles. The van der Waals surface area contributed by atoms with Crippen molar-refractivity contribution >= 4 is 0 Å². The summed E-state index contributed by atoms with van der Waals surface area (Å²) >= 11 is 0. The molecule has 2 aliphatic rings. The van der Waals surface area contributed by atoms with Gasteiger partial charge in [-0.3, -0.25) is 0 Å². The molecule has 32 heavy (non-hydrogen) atoms. The van der Waals surface area contributed by atoms with Gasteiger partial charge in [0.15, 0.2) is 17.5 Å². The Bertz CT molecular complexity index is 988. The number of halogens is 3. The molecule has 0 nitrogen and oxygen atoms in total. The van der Waals surface area contributed by atoms with Gasteiger partial charge in [-0.05, 0) is 78.2 Å². The van der Waals surface area contributed by atoms with E-state index in [0.29, 0.717) is 42.2 Å². The molecule has 174 valence electrons. The first kappa shape index (κ1) is 18.6. The lowest BCUT2D eigenvalue weighted by Crippen LogP contribution is -2.17. The summed E-state index contributed by atoms with van der Waals surface area (Å²) in [5.74, 6) is -3.19. The van der Waals surface area contributed by atoms with Gasteiger partial charge in [0, 0.05) is 5.48 Å². The zero-order valence-electron chi connectivity index (χ0n) is 23.0. The zero-order valence-corrected chi connectivity index (χ0v) is 19.0. The van der Waals surface area contributed by atoms with Crippen molar-refractivity contribution in [2.45, 2.75) is 89.8 Å². The summed E-state index contributed by atoms with van der Waals surface area (Å²) in [6.07, 6.45) is 5.76. The third kappa shape index (κ3) is 5.77. The second-order valence-electron chi connectivity index (χ2n) is 9.69. The Morgan fingerprint density at radius 1 is 0.719 bits per heavy atom. The maximum absolute atomic E-state index is 13.6. The fraction of sp³-hybridized carbons (Fsp3) is 0.586. The molecule has 0 N–H and O–H groups in total. The van der Waals surface area contributed by atoms with Crippen molar-refractivity contribution in [1.82, 2.24) is 0 Å². The average molecular weight is 447 g/mol. The Kier molecular flexibility index (Phi) is 6.35. The van der Waals surface area contributed by atoms with Gasteiger partial charge < -0.3 is 0 Å². The van der Waals surface area contributed by atoms with Crippen LogP contribution in [0.2, 0.25) is 0 Å². The van der Waals surface area contributed by atoms with Gasteiger partial charge in [0.2, 0.25) is 0 Å². The summed E-state index contributed by atoms with van der Waals surface area (Å²) in [6.45, 7) is 2.00. The van der Waals surface area contributed by atoms with Crippen LogP contribution in [0.4, 0.5) is 13.2 Å². The Morgan fingerprint density at radius 2 is 1.28 bits per heavy atom. The number of benzene rings is 2. The summed E-state index contributed by atoms with van der Waals surface area (Å²) in [6, 6.07) is 9.71. The van der Waals surface area contributed by atoms with Crippen LogP contribution in [-0.4, -0.2) is 0 Å². The van der Waals surface area contributed by atoms with E-state index in [1.807, 2.05) is 31.2 Å². The molecule has 2 fully saturated rings. The fourth-order valence-corrected chi connectivity index (χ4v) is 5.38. The molecule has 2 aromatic rings. The van der Waals surface area contributed by atoms with E-state index in [0.717, 1.165) is 57.1 Å². The van der Waals surface area contributed by atoms with Gasteiger partial charge in [-0.1, -0.05) is 82.5 Å². The van der Waals surface area contributed by atoms with E-state index in [-0.39, 0.29) is 5.92 Å². The molecule has 4 rings (SSSR count). The van der Waals surface area contributed by atoms with E-state index in [1.165, 1.54) is 5.56 Å². The van der Waals surface area contributed by atoms with Gasteiger partial charge in [-0.15, -0.1) is 0 Å². The van der Waals surface area contributed by atoms with E-state index >= 15 is 0 Å². The summed E-state index contributed by atoms with van der Waals surface area (Å²) < 4.78 is 74.4. The third-order valence-electron chi connectivity index (χ3n) is 7.41. The van der Waals surface area contributed by atoms with E-state index in [9.17, 15) is 13.2 Å².